The Labute approximate surface area is 125 Å². The van der Waals surface area contributed by atoms with E-state index >= 15 is 0 Å². The molecule has 4 heteroatoms. The van der Waals surface area contributed by atoms with Crippen LogP contribution in [-0.2, 0) is 6.54 Å². The summed E-state index contributed by atoms with van der Waals surface area (Å²) in [6.07, 6.45) is 9.42. The van der Waals surface area contributed by atoms with Crippen LogP contribution in [0.5, 0.6) is 0 Å². The highest BCUT2D eigenvalue weighted by atomic mass is 32.1. The van der Waals surface area contributed by atoms with Gasteiger partial charge in [-0.3, -0.25) is 0 Å². The lowest BCUT2D eigenvalue weighted by molar-refractivity contribution is 0.688. The van der Waals surface area contributed by atoms with Crippen LogP contribution in [0.3, 0.4) is 0 Å². The van der Waals surface area contributed by atoms with Crippen LogP contribution < -0.4 is 10.2 Å². The third kappa shape index (κ3) is 2.86. The first kappa shape index (κ1) is 13.1. The number of rotatable bonds is 8. The molecule has 0 atom stereocenters. The van der Waals surface area contributed by atoms with E-state index in [1.54, 1.807) is 0 Å². The predicted octanol–water partition coefficient (Wildman–Crippen LogP) is 3.65. The lowest BCUT2D eigenvalue weighted by Gasteiger charge is -2.20. The first-order chi connectivity index (χ1) is 9.85. The summed E-state index contributed by atoms with van der Waals surface area (Å²) >= 11 is 1.97. The fraction of sp³-hybridized carbons (Fsp3) is 0.812. The van der Waals surface area contributed by atoms with Crippen LogP contribution in [0, 0.1) is 0 Å². The van der Waals surface area contributed by atoms with E-state index in [2.05, 4.69) is 17.1 Å². The Kier molecular flexibility index (Phi) is 3.47. The zero-order chi connectivity index (χ0) is 13.5. The Balaban J connectivity index is 1.53. The molecule has 1 aromatic rings. The van der Waals surface area contributed by atoms with Crippen LogP contribution in [0.2, 0.25) is 0 Å². The summed E-state index contributed by atoms with van der Waals surface area (Å²) in [6.45, 7) is 4.51. The minimum atomic E-state index is 0.777. The zero-order valence-electron chi connectivity index (χ0n) is 12.4. The normalized spacial score (nSPS) is 22.2. The molecule has 20 heavy (non-hydrogen) atoms. The molecular weight excluding hydrogens is 266 g/mol. The number of nitrogens with zero attached hydrogens (tertiary/aromatic N) is 2. The molecular formula is C16H25N3S. The summed E-state index contributed by atoms with van der Waals surface area (Å²) in [4.78, 5) is 9.16. The summed E-state index contributed by atoms with van der Waals surface area (Å²) < 4.78 is 0. The number of hydrogen-bond donors (Lipinski definition) is 1. The van der Waals surface area contributed by atoms with Gasteiger partial charge in [0, 0.05) is 36.0 Å². The molecule has 0 amide bonds. The minimum absolute atomic E-state index is 0.777. The maximum absolute atomic E-state index is 5.06. The van der Waals surface area contributed by atoms with Gasteiger partial charge in [-0.15, -0.1) is 11.3 Å². The van der Waals surface area contributed by atoms with Crippen molar-refractivity contribution in [3.8, 4) is 0 Å². The minimum Gasteiger partial charge on any atom is -0.345 e. The highest BCUT2D eigenvalue weighted by Gasteiger charge is 2.34. The molecule has 3 nitrogen and oxygen atoms in total. The monoisotopic (exact) mass is 291 g/mol. The summed E-state index contributed by atoms with van der Waals surface area (Å²) in [5, 5.41) is 4.99. The summed E-state index contributed by atoms with van der Waals surface area (Å²) in [5.41, 5.74) is 1.43. The smallest absolute Gasteiger partial charge is 0.186 e. The van der Waals surface area contributed by atoms with Crippen molar-refractivity contribution in [1.29, 1.82) is 0 Å². The van der Waals surface area contributed by atoms with Gasteiger partial charge in [0.2, 0.25) is 0 Å². The SMILES string of the molecule is CCCN(c1nc(C2CC2)c(CNC2CC2)s1)C1CC1. The maximum atomic E-state index is 5.06. The Hall–Kier alpha value is -0.610. The number of thiazole rings is 1. The maximum Gasteiger partial charge on any atom is 0.186 e. The molecule has 1 N–H and O–H groups in total. The third-order valence-corrected chi connectivity index (χ3v) is 5.62. The van der Waals surface area contributed by atoms with Gasteiger partial charge in [0.25, 0.3) is 0 Å². The molecule has 3 aliphatic carbocycles. The van der Waals surface area contributed by atoms with Gasteiger partial charge in [-0.05, 0) is 44.9 Å². The third-order valence-electron chi connectivity index (χ3n) is 4.51. The Bertz CT molecular complexity index is 472. The van der Waals surface area contributed by atoms with E-state index in [4.69, 9.17) is 4.98 Å². The molecule has 0 spiro atoms. The van der Waals surface area contributed by atoms with E-state index in [0.717, 1.165) is 24.5 Å². The molecule has 3 aliphatic rings. The van der Waals surface area contributed by atoms with Crippen molar-refractivity contribution < 1.29 is 0 Å². The van der Waals surface area contributed by atoms with E-state index in [1.165, 1.54) is 67.2 Å². The van der Waals surface area contributed by atoms with Gasteiger partial charge in [0.1, 0.15) is 0 Å². The molecule has 0 aromatic carbocycles. The van der Waals surface area contributed by atoms with Gasteiger partial charge in [0.15, 0.2) is 5.13 Å². The predicted molar refractivity (Wildman–Crippen MR) is 84.6 cm³/mol. The number of aromatic nitrogens is 1. The van der Waals surface area contributed by atoms with Gasteiger partial charge in [-0.25, -0.2) is 4.98 Å². The fourth-order valence-corrected chi connectivity index (χ4v) is 4.06. The lowest BCUT2D eigenvalue weighted by atomic mass is 10.2. The second-order valence-electron chi connectivity index (χ2n) is 6.66. The largest absolute Gasteiger partial charge is 0.345 e. The molecule has 1 aromatic heterocycles. The van der Waals surface area contributed by atoms with Crippen LogP contribution >= 0.6 is 11.3 Å². The highest BCUT2D eigenvalue weighted by molar-refractivity contribution is 7.15. The average Bonchev–Trinajstić information content (AvgIpc) is 3.31. The Morgan fingerprint density at radius 2 is 2.00 bits per heavy atom. The standard InChI is InChI=1S/C16H25N3S/c1-2-9-19(13-7-8-13)16-18-15(11-3-4-11)14(20-16)10-17-12-5-6-12/h11-13,17H,2-10H2,1H3. The average molecular weight is 291 g/mol. The first-order valence-corrected chi connectivity index (χ1v) is 9.16. The molecule has 0 saturated heterocycles. The van der Waals surface area contributed by atoms with Crippen molar-refractivity contribution >= 4 is 16.5 Å². The van der Waals surface area contributed by atoms with Gasteiger partial charge >= 0.3 is 0 Å². The number of nitrogens with one attached hydrogen (secondary N) is 1. The molecule has 3 fully saturated rings. The summed E-state index contributed by atoms with van der Waals surface area (Å²) in [6, 6.07) is 1.58. The summed E-state index contributed by atoms with van der Waals surface area (Å²) in [5.74, 6) is 0.777. The molecule has 4 rings (SSSR count). The van der Waals surface area contributed by atoms with Crippen molar-refractivity contribution in [3.63, 3.8) is 0 Å². The zero-order valence-corrected chi connectivity index (χ0v) is 13.2. The van der Waals surface area contributed by atoms with E-state index < -0.39 is 0 Å². The molecule has 1 heterocycles. The van der Waals surface area contributed by atoms with Crippen molar-refractivity contribution in [2.24, 2.45) is 0 Å². The molecule has 0 aliphatic heterocycles. The summed E-state index contributed by atoms with van der Waals surface area (Å²) in [7, 11) is 0. The molecule has 3 saturated carbocycles. The second kappa shape index (κ2) is 5.30. The van der Waals surface area contributed by atoms with Crippen LogP contribution in [0.1, 0.15) is 68.4 Å². The molecule has 110 valence electrons. The number of hydrogen-bond acceptors (Lipinski definition) is 4. The van der Waals surface area contributed by atoms with E-state index in [-0.39, 0.29) is 0 Å². The highest BCUT2D eigenvalue weighted by Crippen LogP contribution is 2.45. The van der Waals surface area contributed by atoms with Crippen LogP contribution in [-0.4, -0.2) is 23.6 Å². The van der Waals surface area contributed by atoms with Crippen molar-refractivity contribution in [1.82, 2.24) is 10.3 Å². The van der Waals surface area contributed by atoms with Crippen LogP contribution in [0.4, 0.5) is 5.13 Å². The molecule has 0 unspecified atom stereocenters. The quantitative estimate of drug-likeness (QED) is 0.792. The lowest BCUT2D eigenvalue weighted by Crippen LogP contribution is -2.26. The van der Waals surface area contributed by atoms with Crippen LogP contribution in [0.25, 0.3) is 0 Å². The van der Waals surface area contributed by atoms with Gasteiger partial charge < -0.3 is 10.2 Å². The molecule has 0 bridgehead atoms. The topological polar surface area (TPSA) is 28.2 Å². The number of anilines is 1. The van der Waals surface area contributed by atoms with Gasteiger partial charge in [-0.1, -0.05) is 6.92 Å². The van der Waals surface area contributed by atoms with E-state index in [0.29, 0.717) is 0 Å². The van der Waals surface area contributed by atoms with Gasteiger partial charge in [0.05, 0.1) is 5.69 Å². The van der Waals surface area contributed by atoms with Gasteiger partial charge in [-0.2, -0.15) is 0 Å². The van der Waals surface area contributed by atoms with Crippen molar-refractivity contribution in [2.45, 2.75) is 76.4 Å². The Morgan fingerprint density at radius 3 is 2.60 bits per heavy atom. The van der Waals surface area contributed by atoms with Crippen molar-refractivity contribution in [3.05, 3.63) is 10.6 Å². The fourth-order valence-electron chi connectivity index (χ4n) is 2.86. The molecule has 0 radical (unpaired) electrons. The van der Waals surface area contributed by atoms with E-state index in [1.807, 2.05) is 11.3 Å². The van der Waals surface area contributed by atoms with E-state index in [9.17, 15) is 0 Å². The van der Waals surface area contributed by atoms with Crippen molar-refractivity contribution in [2.75, 3.05) is 11.4 Å². The van der Waals surface area contributed by atoms with Crippen LogP contribution in [0.15, 0.2) is 0 Å². The second-order valence-corrected chi connectivity index (χ2v) is 7.72. The Morgan fingerprint density at radius 1 is 1.20 bits per heavy atom. The first-order valence-electron chi connectivity index (χ1n) is 8.34.